The minimum atomic E-state index is -0.615. The molecule has 0 saturated carbocycles. The molecule has 1 aliphatic heterocycles. The Balaban J connectivity index is 1.59. The maximum atomic E-state index is 11.1. The number of benzene rings is 2. The van der Waals surface area contributed by atoms with E-state index in [1.54, 1.807) is 6.07 Å². The number of carbonyl (C=O) groups excluding carboxylic acids is 1. The van der Waals surface area contributed by atoms with Crippen molar-refractivity contribution in [2.24, 2.45) is 5.73 Å². The number of carbonyl (C=O) groups is 1. The van der Waals surface area contributed by atoms with Crippen molar-refractivity contribution in [3.05, 3.63) is 65.9 Å². The van der Waals surface area contributed by atoms with Crippen LogP contribution in [0.2, 0.25) is 0 Å². The number of nitrogens with zero attached hydrogens (tertiary/aromatic N) is 2. The fourth-order valence-corrected chi connectivity index (χ4v) is 3.47. The number of hydrogen-bond donors (Lipinski definition) is 1. The van der Waals surface area contributed by atoms with Crippen LogP contribution in [-0.2, 0) is 6.54 Å². The molecule has 0 atom stereocenters. The zero-order valence-electron chi connectivity index (χ0n) is 14.5. The fourth-order valence-electron chi connectivity index (χ4n) is 3.47. The molecule has 1 amide bonds. The topological polar surface area (TPSA) is 72.4 Å². The van der Waals surface area contributed by atoms with Crippen molar-refractivity contribution in [2.75, 3.05) is 13.1 Å². The van der Waals surface area contributed by atoms with Gasteiger partial charge in [-0.25, -0.2) is 0 Å². The molecule has 2 heterocycles. The summed E-state index contributed by atoms with van der Waals surface area (Å²) in [5.41, 5.74) is 10.5. The molecule has 0 bridgehead atoms. The highest BCUT2D eigenvalue weighted by atomic mass is 16.5. The summed E-state index contributed by atoms with van der Waals surface area (Å²) in [4.78, 5) is 13.7. The third kappa shape index (κ3) is 3.39. The Morgan fingerprint density at radius 2 is 1.73 bits per heavy atom. The fraction of sp³-hybridized carbons (Fsp3) is 0.238. The molecule has 0 unspecified atom stereocenters. The van der Waals surface area contributed by atoms with Gasteiger partial charge in [0.25, 0.3) is 5.91 Å². The van der Waals surface area contributed by atoms with Crippen LogP contribution in [0.3, 0.4) is 0 Å². The number of aromatic nitrogens is 1. The van der Waals surface area contributed by atoms with Crippen molar-refractivity contribution in [1.29, 1.82) is 0 Å². The second-order valence-corrected chi connectivity index (χ2v) is 6.66. The summed E-state index contributed by atoms with van der Waals surface area (Å²) in [6.07, 6.45) is 2.59. The van der Waals surface area contributed by atoms with Crippen LogP contribution in [-0.4, -0.2) is 29.1 Å². The van der Waals surface area contributed by atoms with E-state index in [0.717, 1.165) is 12.1 Å². The first kappa shape index (κ1) is 16.5. The van der Waals surface area contributed by atoms with Crippen molar-refractivity contribution < 1.29 is 9.32 Å². The molecule has 3 aromatic rings. The van der Waals surface area contributed by atoms with E-state index in [9.17, 15) is 4.79 Å². The van der Waals surface area contributed by atoms with Gasteiger partial charge in [0.1, 0.15) is 5.69 Å². The molecule has 1 saturated heterocycles. The van der Waals surface area contributed by atoms with Crippen LogP contribution < -0.4 is 5.73 Å². The average Bonchev–Trinajstić information content (AvgIpc) is 3.34. The van der Waals surface area contributed by atoms with Crippen LogP contribution in [0, 0.1) is 0 Å². The summed E-state index contributed by atoms with van der Waals surface area (Å²) < 4.78 is 4.96. The van der Waals surface area contributed by atoms with Crippen LogP contribution in [0.15, 0.2) is 59.1 Å². The normalized spacial score (nSPS) is 14.6. The summed E-state index contributed by atoms with van der Waals surface area (Å²) in [6, 6.07) is 18.3. The monoisotopic (exact) mass is 347 g/mol. The smallest absolute Gasteiger partial charge is 0.287 e. The van der Waals surface area contributed by atoms with E-state index in [4.69, 9.17) is 10.3 Å². The highest BCUT2D eigenvalue weighted by molar-refractivity contribution is 5.90. The van der Waals surface area contributed by atoms with Crippen LogP contribution in [0.4, 0.5) is 0 Å². The molecular formula is C21H21N3O2. The van der Waals surface area contributed by atoms with Crippen LogP contribution in [0.1, 0.15) is 29.0 Å². The first-order chi connectivity index (χ1) is 12.7. The summed E-state index contributed by atoms with van der Waals surface area (Å²) >= 11 is 0. The van der Waals surface area contributed by atoms with Crippen molar-refractivity contribution in [1.82, 2.24) is 10.1 Å². The molecule has 1 fully saturated rings. The minimum Gasteiger partial charge on any atom is -0.363 e. The third-order valence-corrected chi connectivity index (χ3v) is 4.85. The first-order valence-electron chi connectivity index (χ1n) is 8.88. The summed E-state index contributed by atoms with van der Waals surface area (Å²) in [5, 5.41) is 3.91. The molecule has 132 valence electrons. The molecule has 1 aromatic heterocycles. The number of rotatable bonds is 5. The molecule has 0 aliphatic carbocycles. The van der Waals surface area contributed by atoms with E-state index in [-0.39, 0.29) is 5.76 Å². The van der Waals surface area contributed by atoms with Crippen molar-refractivity contribution >= 4 is 5.91 Å². The second kappa shape index (κ2) is 7.14. The molecule has 0 radical (unpaired) electrons. The Hall–Kier alpha value is -2.92. The lowest BCUT2D eigenvalue weighted by Crippen LogP contribution is -2.18. The van der Waals surface area contributed by atoms with E-state index in [0.29, 0.717) is 5.69 Å². The zero-order valence-corrected chi connectivity index (χ0v) is 14.5. The Labute approximate surface area is 152 Å². The molecule has 0 spiro atoms. The van der Waals surface area contributed by atoms with Crippen LogP contribution in [0.25, 0.3) is 22.4 Å². The molecule has 26 heavy (non-hydrogen) atoms. The van der Waals surface area contributed by atoms with Gasteiger partial charge in [-0.1, -0.05) is 53.7 Å². The van der Waals surface area contributed by atoms with Gasteiger partial charge < -0.3 is 10.3 Å². The maximum absolute atomic E-state index is 11.1. The largest absolute Gasteiger partial charge is 0.363 e. The Morgan fingerprint density at radius 1 is 1.04 bits per heavy atom. The standard InChI is InChI=1S/C21H21N3O2/c22-21(25)20-13-19(23-26-20)16-9-7-15(8-10-16)18-6-2-1-5-17(18)14-24-11-3-4-12-24/h1-2,5-10,13H,3-4,11-12,14H2,(H2,22,25). The maximum Gasteiger partial charge on any atom is 0.287 e. The van der Waals surface area contributed by atoms with Gasteiger partial charge in [-0.3, -0.25) is 9.69 Å². The second-order valence-electron chi connectivity index (χ2n) is 6.66. The van der Waals surface area contributed by atoms with Crippen LogP contribution >= 0.6 is 0 Å². The SMILES string of the molecule is NC(=O)c1cc(-c2ccc(-c3ccccc3CN3CCCC3)cc2)no1. The molecule has 2 N–H and O–H groups in total. The number of hydrogen-bond acceptors (Lipinski definition) is 4. The molecular weight excluding hydrogens is 326 g/mol. The van der Waals surface area contributed by atoms with Gasteiger partial charge in [-0.05, 0) is 42.6 Å². The Morgan fingerprint density at radius 3 is 2.42 bits per heavy atom. The van der Waals surface area contributed by atoms with E-state index in [2.05, 4.69) is 46.5 Å². The van der Waals surface area contributed by atoms with E-state index in [1.165, 1.54) is 42.6 Å². The van der Waals surface area contributed by atoms with E-state index in [1.807, 2.05) is 12.1 Å². The van der Waals surface area contributed by atoms with E-state index < -0.39 is 5.91 Å². The van der Waals surface area contributed by atoms with Crippen molar-refractivity contribution in [3.8, 4) is 22.4 Å². The number of likely N-dealkylation sites (tertiary alicyclic amines) is 1. The zero-order chi connectivity index (χ0) is 17.9. The summed E-state index contributed by atoms with van der Waals surface area (Å²) in [5.74, 6) is -0.545. The van der Waals surface area contributed by atoms with Crippen molar-refractivity contribution in [2.45, 2.75) is 19.4 Å². The number of amides is 1. The lowest BCUT2D eigenvalue weighted by Gasteiger charge is -2.17. The number of nitrogens with two attached hydrogens (primary N) is 1. The van der Waals surface area contributed by atoms with Gasteiger partial charge >= 0.3 is 0 Å². The predicted octanol–water partition coefficient (Wildman–Crippen LogP) is 3.70. The highest BCUT2D eigenvalue weighted by Crippen LogP contribution is 2.28. The molecule has 4 rings (SSSR count). The molecule has 5 heteroatoms. The van der Waals surface area contributed by atoms with Crippen LogP contribution in [0.5, 0.6) is 0 Å². The van der Waals surface area contributed by atoms with Gasteiger partial charge in [0, 0.05) is 18.2 Å². The lowest BCUT2D eigenvalue weighted by molar-refractivity contribution is 0.0965. The quantitative estimate of drug-likeness (QED) is 0.764. The molecule has 5 nitrogen and oxygen atoms in total. The molecule has 2 aromatic carbocycles. The summed E-state index contributed by atoms with van der Waals surface area (Å²) in [7, 11) is 0. The van der Waals surface area contributed by atoms with E-state index >= 15 is 0 Å². The average molecular weight is 347 g/mol. The van der Waals surface area contributed by atoms with Gasteiger partial charge in [0.05, 0.1) is 0 Å². The minimum absolute atomic E-state index is 0.0695. The van der Waals surface area contributed by atoms with Gasteiger partial charge in [-0.15, -0.1) is 0 Å². The van der Waals surface area contributed by atoms with Gasteiger partial charge in [0.2, 0.25) is 5.76 Å². The Kier molecular flexibility index (Phi) is 4.54. The number of primary amides is 1. The molecule has 1 aliphatic rings. The Bertz CT molecular complexity index is 909. The highest BCUT2D eigenvalue weighted by Gasteiger charge is 2.15. The van der Waals surface area contributed by atoms with Gasteiger partial charge in [0.15, 0.2) is 0 Å². The first-order valence-corrected chi connectivity index (χ1v) is 8.88. The predicted molar refractivity (Wildman–Crippen MR) is 100 cm³/mol. The van der Waals surface area contributed by atoms with Crippen molar-refractivity contribution in [3.63, 3.8) is 0 Å². The summed E-state index contributed by atoms with van der Waals surface area (Å²) in [6.45, 7) is 3.35. The van der Waals surface area contributed by atoms with Gasteiger partial charge in [-0.2, -0.15) is 0 Å². The lowest BCUT2D eigenvalue weighted by atomic mass is 9.98. The third-order valence-electron chi connectivity index (χ3n) is 4.85.